The Morgan fingerprint density at radius 2 is 2.14 bits per heavy atom. The zero-order chi connectivity index (χ0) is 15.2. The predicted octanol–water partition coefficient (Wildman–Crippen LogP) is 2.06. The number of nitrogens with one attached hydrogen (secondary N) is 1. The van der Waals surface area contributed by atoms with Crippen LogP contribution in [-0.4, -0.2) is 20.6 Å². The summed E-state index contributed by atoms with van der Waals surface area (Å²) in [5.74, 6) is -0.233. The van der Waals surface area contributed by atoms with E-state index in [0.29, 0.717) is 0 Å². The Hall–Kier alpha value is -2.70. The average molecular weight is 288 g/mol. The summed E-state index contributed by atoms with van der Waals surface area (Å²) in [6.45, 7) is 1.94. The molecule has 1 atom stereocenters. The first kappa shape index (κ1) is 14.7. The van der Waals surface area contributed by atoms with Gasteiger partial charge in [0.15, 0.2) is 0 Å². The normalized spacial score (nSPS) is 11.9. The molecule has 7 heteroatoms. The fourth-order valence-electron chi connectivity index (χ4n) is 2.03. The van der Waals surface area contributed by atoms with Crippen LogP contribution in [0.3, 0.4) is 0 Å². The number of nitrogens with zero attached hydrogens (tertiary/aromatic N) is 3. The van der Waals surface area contributed by atoms with E-state index in [0.717, 1.165) is 18.2 Å². The summed E-state index contributed by atoms with van der Waals surface area (Å²) >= 11 is 0. The molecule has 2 aromatic rings. The van der Waals surface area contributed by atoms with Crippen LogP contribution in [0.5, 0.6) is 0 Å². The summed E-state index contributed by atoms with van der Waals surface area (Å²) < 4.78 is 1.26. The molecule has 0 radical (unpaired) electrons. The van der Waals surface area contributed by atoms with Crippen molar-refractivity contribution in [2.24, 2.45) is 0 Å². The molecule has 110 valence electrons. The molecular weight excluding hydrogens is 272 g/mol. The number of benzene rings is 1. The summed E-state index contributed by atoms with van der Waals surface area (Å²) in [6, 6.07) is 9.58. The predicted molar refractivity (Wildman–Crippen MR) is 76.5 cm³/mol. The lowest BCUT2D eigenvalue weighted by molar-refractivity contribution is -0.385. The van der Waals surface area contributed by atoms with E-state index in [-0.39, 0.29) is 24.2 Å². The van der Waals surface area contributed by atoms with Gasteiger partial charge in [-0.25, -0.2) is 0 Å². The second-order valence-electron chi connectivity index (χ2n) is 4.59. The van der Waals surface area contributed by atoms with Gasteiger partial charge in [0, 0.05) is 0 Å². The first-order chi connectivity index (χ1) is 10.1. The van der Waals surface area contributed by atoms with Crippen molar-refractivity contribution in [1.82, 2.24) is 15.1 Å². The van der Waals surface area contributed by atoms with Gasteiger partial charge in [-0.3, -0.25) is 19.6 Å². The van der Waals surface area contributed by atoms with Crippen molar-refractivity contribution in [3.8, 4) is 0 Å². The number of carbonyl (C=O) groups is 1. The molecule has 21 heavy (non-hydrogen) atoms. The number of hydrogen-bond acceptors (Lipinski definition) is 4. The summed E-state index contributed by atoms with van der Waals surface area (Å²) in [4.78, 5) is 22.0. The molecule has 1 aromatic heterocycles. The molecule has 0 aliphatic rings. The van der Waals surface area contributed by atoms with Crippen molar-refractivity contribution < 1.29 is 9.72 Å². The molecule has 1 unspecified atom stereocenters. The number of carbonyl (C=O) groups excluding carboxylic acids is 1. The van der Waals surface area contributed by atoms with Gasteiger partial charge in [0.25, 0.3) is 0 Å². The van der Waals surface area contributed by atoms with Gasteiger partial charge in [-0.2, -0.15) is 5.10 Å². The van der Waals surface area contributed by atoms with E-state index in [2.05, 4.69) is 10.4 Å². The molecule has 0 spiro atoms. The number of aromatic nitrogens is 2. The maximum Gasteiger partial charge on any atom is 0.307 e. The molecule has 0 saturated heterocycles. The SMILES string of the molecule is CCC(NC(=O)Cn1cc([N+](=O)[O-])cn1)c1ccccc1. The minimum absolute atomic E-state index is 0.0445. The third kappa shape index (κ3) is 3.88. The minimum atomic E-state index is -0.541. The highest BCUT2D eigenvalue weighted by atomic mass is 16.6. The fraction of sp³-hybridized carbons (Fsp3) is 0.286. The van der Waals surface area contributed by atoms with Gasteiger partial charge < -0.3 is 5.32 Å². The van der Waals surface area contributed by atoms with Crippen LogP contribution in [0.4, 0.5) is 5.69 Å². The van der Waals surface area contributed by atoms with Gasteiger partial charge in [-0.1, -0.05) is 37.3 Å². The Bertz CT molecular complexity index is 624. The van der Waals surface area contributed by atoms with Crippen LogP contribution in [0.25, 0.3) is 0 Å². The van der Waals surface area contributed by atoms with Crippen molar-refractivity contribution in [1.29, 1.82) is 0 Å². The van der Waals surface area contributed by atoms with E-state index in [9.17, 15) is 14.9 Å². The first-order valence-corrected chi connectivity index (χ1v) is 6.61. The smallest absolute Gasteiger partial charge is 0.307 e. The van der Waals surface area contributed by atoms with Gasteiger partial charge in [-0.15, -0.1) is 0 Å². The topological polar surface area (TPSA) is 90.1 Å². The van der Waals surface area contributed by atoms with Gasteiger partial charge in [0.1, 0.15) is 18.9 Å². The van der Waals surface area contributed by atoms with E-state index in [4.69, 9.17) is 0 Å². The van der Waals surface area contributed by atoms with E-state index >= 15 is 0 Å². The van der Waals surface area contributed by atoms with Crippen molar-refractivity contribution in [2.75, 3.05) is 0 Å². The van der Waals surface area contributed by atoms with Crippen molar-refractivity contribution >= 4 is 11.6 Å². The molecule has 0 aliphatic heterocycles. The molecule has 0 fully saturated rings. The molecule has 1 aromatic carbocycles. The summed E-state index contributed by atoms with van der Waals surface area (Å²) in [5.41, 5.74) is 0.901. The van der Waals surface area contributed by atoms with E-state index < -0.39 is 4.92 Å². The van der Waals surface area contributed by atoms with E-state index in [1.807, 2.05) is 37.3 Å². The number of hydrogen-bond donors (Lipinski definition) is 1. The average Bonchev–Trinajstić information content (AvgIpc) is 2.94. The standard InChI is InChI=1S/C14H16N4O3/c1-2-13(11-6-4-3-5-7-11)16-14(19)10-17-9-12(8-15-17)18(20)21/h3-9,13H,2,10H2,1H3,(H,16,19). The number of nitro groups is 1. The van der Waals surface area contributed by atoms with Gasteiger partial charge in [0.2, 0.25) is 5.91 Å². The molecule has 0 saturated carbocycles. The zero-order valence-corrected chi connectivity index (χ0v) is 11.6. The van der Waals surface area contributed by atoms with Crippen LogP contribution in [0.2, 0.25) is 0 Å². The molecule has 1 N–H and O–H groups in total. The Kier molecular flexibility index (Phi) is 4.65. The number of amides is 1. The van der Waals surface area contributed by atoms with Crippen LogP contribution in [0.15, 0.2) is 42.7 Å². The highest BCUT2D eigenvalue weighted by molar-refractivity contribution is 5.76. The van der Waals surface area contributed by atoms with Gasteiger partial charge >= 0.3 is 5.69 Å². The molecule has 1 amide bonds. The Balaban J connectivity index is 1.98. The third-order valence-electron chi connectivity index (χ3n) is 3.08. The van der Waals surface area contributed by atoms with Crippen LogP contribution < -0.4 is 5.32 Å². The summed E-state index contributed by atoms with van der Waals surface area (Å²) in [5, 5.41) is 17.3. The second kappa shape index (κ2) is 6.65. The number of rotatable bonds is 6. The Labute approximate surface area is 121 Å². The van der Waals surface area contributed by atoms with Crippen molar-refractivity contribution in [3.05, 3.63) is 58.4 Å². The molecule has 2 rings (SSSR count). The van der Waals surface area contributed by atoms with Gasteiger partial charge in [-0.05, 0) is 12.0 Å². The monoisotopic (exact) mass is 288 g/mol. The van der Waals surface area contributed by atoms with Crippen LogP contribution >= 0.6 is 0 Å². The lowest BCUT2D eigenvalue weighted by Gasteiger charge is -2.17. The van der Waals surface area contributed by atoms with E-state index in [1.54, 1.807) is 0 Å². The van der Waals surface area contributed by atoms with E-state index in [1.165, 1.54) is 10.9 Å². The largest absolute Gasteiger partial charge is 0.348 e. The third-order valence-corrected chi connectivity index (χ3v) is 3.08. The Morgan fingerprint density at radius 1 is 1.43 bits per heavy atom. The first-order valence-electron chi connectivity index (χ1n) is 6.61. The van der Waals surface area contributed by atoms with Crippen LogP contribution in [0, 0.1) is 10.1 Å². The maximum atomic E-state index is 12.0. The second-order valence-corrected chi connectivity index (χ2v) is 4.59. The highest BCUT2D eigenvalue weighted by Crippen LogP contribution is 2.16. The maximum absolute atomic E-state index is 12.0. The van der Waals surface area contributed by atoms with Crippen LogP contribution in [0.1, 0.15) is 24.9 Å². The zero-order valence-electron chi connectivity index (χ0n) is 11.6. The summed E-state index contributed by atoms with van der Waals surface area (Å²) in [6.07, 6.45) is 3.12. The van der Waals surface area contributed by atoms with Crippen LogP contribution in [-0.2, 0) is 11.3 Å². The quantitative estimate of drug-likeness (QED) is 0.650. The molecule has 0 bridgehead atoms. The molecule has 7 nitrogen and oxygen atoms in total. The van der Waals surface area contributed by atoms with Crippen molar-refractivity contribution in [2.45, 2.75) is 25.9 Å². The molecule has 1 heterocycles. The van der Waals surface area contributed by atoms with Crippen molar-refractivity contribution in [3.63, 3.8) is 0 Å². The molecule has 0 aliphatic carbocycles. The minimum Gasteiger partial charge on any atom is -0.348 e. The molecular formula is C14H16N4O3. The lowest BCUT2D eigenvalue weighted by atomic mass is 10.0. The van der Waals surface area contributed by atoms with Gasteiger partial charge in [0.05, 0.1) is 11.0 Å². The lowest BCUT2D eigenvalue weighted by Crippen LogP contribution is -2.31. The highest BCUT2D eigenvalue weighted by Gasteiger charge is 2.15. The summed E-state index contributed by atoms with van der Waals surface area (Å²) in [7, 11) is 0. The fourth-order valence-corrected chi connectivity index (χ4v) is 2.03. The Morgan fingerprint density at radius 3 is 2.71 bits per heavy atom.